The molecule has 0 aliphatic carbocycles. The highest BCUT2D eigenvalue weighted by Crippen LogP contribution is 2.36. The number of aromatic hydroxyl groups is 1. The van der Waals surface area contributed by atoms with Crippen LogP contribution in [0.15, 0.2) is 57.1 Å². The van der Waals surface area contributed by atoms with Crippen LogP contribution < -0.4 is 5.63 Å². The van der Waals surface area contributed by atoms with E-state index in [2.05, 4.69) is 0 Å². The molecule has 2 atom stereocenters. The Morgan fingerprint density at radius 3 is 2.30 bits per heavy atom. The SMILES string of the molecule is CCC(Cc1ccc(C(F)(F)F)cc1)c1cc(O)c(C(CC)c2cccs2)c(=O)o1. The maximum Gasteiger partial charge on any atom is 0.416 e. The van der Waals surface area contributed by atoms with E-state index in [0.29, 0.717) is 30.6 Å². The average molecular weight is 436 g/mol. The van der Waals surface area contributed by atoms with Gasteiger partial charge >= 0.3 is 11.8 Å². The minimum atomic E-state index is -4.38. The summed E-state index contributed by atoms with van der Waals surface area (Å²) in [5, 5.41) is 12.5. The number of hydrogen-bond acceptors (Lipinski definition) is 4. The fourth-order valence-corrected chi connectivity index (χ4v) is 4.55. The third-order valence-corrected chi connectivity index (χ3v) is 6.27. The summed E-state index contributed by atoms with van der Waals surface area (Å²) in [4.78, 5) is 13.7. The summed E-state index contributed by atoms with van der Waals surface area (Å²) < 4.78 is 43.9. The van der Waals surface area contributed by atoms with Crippen molar-refractivity contribution in [3.63, 3.8) is 0 Å². The molecule has 0 bridgehead atoms. The van der Waals surface area contributed by atoms with Crippen LogP contribution in [-0.2, 0) is 12.6 Å². The van der Waals surface area contributed by atoms with E-state index in [9.17, 15) is 23.1 Å². The summed E-state index contributed by atoms with van der Waals surface area (Å²) in [7, 11) is 0. The van der Waals surface area contributed by atoms with Crippen molar-refractivity contribution in [1.29, 1.82) is 0 Å². The average Bonchev–Trinajstić information content (AvgIpc) is 3.22. The first-order valence-electron chi connectivity index (χ1n) is 9.81. The molecular weight excluding hydrogens is 413 g/mol. The molecule has 0 fully saturated rings. The summed E-state index contributed by atoms with van der Waals surface area (Å²) >= 11 is 1.52. The van der Waals surface area contributed by atoms with Gasteiger partial charge in [-0.1, -0.05) is 32.0 Å². The monoisotopic (exact) mass is 436 g/mol. The van der Waals surface area contributed by atoms with Crippen molar-refractivity contribution in [2.24, 2.45) is 0 Å². The maximum absolute atomic E-state index is 12.8. The van der Waals surface area contributed by atoms with Gasteiger partial charge in [-0.3, -0.25) is 0 Å². The first-order valence-corrected chi connectivity index (χ1v) is 10.7. The number of halogens is 3. The van der Waals surface area contributed by atoms with E-state index >= 15 is 0 Å². The molecule has 1 N–H and O–H groups in total. The largest absolute Gasteiger partial charge is 0.507 e. The van der Waals surface area contributed by atoms with Gasteiger partial charge in [0, 0.05) is 22.8 Å². The molecule has 0 spiro atoms. The predicted octanol–water partition coefficient (Wildman–Crippen LogP) is 6.70. The van der Waals surface area contributed by atoms with Gasteiger partial charge in [0.1, 0.15) is 11.5 Å². The Labute approximate surface area is 176 Å². The molecule has 3 rings (SSSR count). The van der Waals surface area contributed by atoms with Crippen molar-refractivity contribution >= 4 is 11.3 Å². The van der Waals surface area contributed by atoms with Crippen LogP contribution in [0.3, 0.4) is 0 Å². The predicted molar refractivity (Wildman–Crippen MR) is 111 cm³/mol. The molecular formula is C23H23F3O3S. The fourth-order valence-electron chi connectivity index (χ4n) is 3.63. The van der Waals surface area contributed by atoms with Crippen molar-refractivity contribution in [2.45, 2.75) is 51.1 Å². The van der Waals surface area contributed by atoms with Gasteiger partial charge in [0.15, 0.2) is 0 Å². The van der Waals surface area contributed by atoms with Gasteiger partial charge in [-0.15, -0.1) is 11.3 Å². The number of thiophene rings is 1. The van der Waals surface area contributed by atoms with E-state index in [0.717, 1.165) is 17.0 Å². The van der Waals surface area contributed by atoms with E-state index in [1.165, 1.54) is 29.5 Å². The summed E-state index contributed by atoms with van der Waals surface area (Å²) in [6.45, 7) is 3.84. The van der Waals surface area contributed by atoms with E-state index in [4.69, 9.17) is 4.42 Å². The molecule has 160 valence electrons. The molecule has 30 heavy (non-hydrogen) atoms. The van der Waals surface area contributed by atoms with Crippen LogP contribution in [0.2, 0.25) is 0 Å². The first-order chi connectivity index (χ1) is 14.2. The molecule has 3 aromatic rings. The Morgan fingerprint density at radius 2 is 1.80 bits per heavy atom. The second kappa shape index (κ2) is 9.08. The third-order valence-electron chi connectivity index (χ3n) is 5.29. The summed E-state index contributed by atoms with van der Waals surface area (Å²) in [6, 6.07) is 10.3. The molecule has 2 aromatic heterocycles. The lowest BCUT2D eigenvalue weighted by Gasteiger charge is -2.18. The second-order valence-corrected chi connectivity index (χ2v) is 8.19. The highest BCUT2D eigenvalue weighted by Gasteiger charge is 2.30. The molecule has 2 unspecified atom stereocenters. The maximum atomic E-state index is 12.8. The Bertz CT molecular complexity index is 1020. The Hall–Kier alpha value is -2.54. The van der Waals surface area contributed by atoms with Gasteiger partial charge in [0.25, 0.3) is 0 Å². The Morgan fingerprint density at radius 1 is 1.10 bits per heavy atom. The summed E-state index contributed by atoms with van der Waals surface area (Å²) in [5.41, 5.74) is -0.331. The summed E-state index contributed by atoms with van der Waals surface area (Å²) in [6.07, 6.45) is -2.74. The smallest absolute Gasteiger partial charge is 0.416 e. The van der Waals surface area contributed by atoms with Gasteiger partial charge in [0.05, 0.1) is 11.1 Å². The van der Waals surface area contributed by atoms with Crippen LogP contribution >= 0.6 is 11.3 Å². The van der Waals surface area contributed by atoms with Crippen molar-refractivity contribution < 1.29 is 22.7 Å². The molecule has 0 radical (unpaired) electrons. The molecule has 3 nitrogen and oxygen atoms in total. The minimum absolute atomic E-state index is 0.104. The van der Waals surface area contributed by atoms with Gasteiger partial charge < -0.3 is 9.52 Å². The lowest BCUT2D eigenvalue weighted by molar-refractivity contribution is -0.137. The quantitative estimate of drug-likeness (QED) is 0.448. The van der Waals surface area contributed by atoms with Crippen LogP contribution in [0, 0.1) is 0 Å². The molecule has 0 saturated heterocycles. The molecule has 7 heteroatoms. The van der Waals surface area contributed by atoms with Gasteiger partial charge in [-0.25, -0.2) is 4.79 Å². The number of alkyl halides is 3. The van der Waals surface area contributed by atoms with E-state index < -0.39 is 17.4 Å². The van der Waals surface area contributed by atoms with Crippen molar-refractivity contribution in [3.05, 3.63) is 85.6 Å². The van der Waals surface area contributed by atoms with Crippen molar-refractivity contribution in [2.75, 3.05) is 0 Å². The van der Waals surface area contributed by atoms with Crippen LogP contribution in [0.4, 0.5) is 13.2 Å². The lowest BCUT2D eigenvalue weighted by Crippen LogP contribution is -2.15. The zero-order valence-corrected chi connectivity index (χ0v) is 17.5. The van der Waals surface area contributed by atoms with Gasteiger partial charge in [-0.05, 0) is 48.4 Å². The van der Waals surface area contributed by atoms with Crippen molar-refractivity contribution in [1.82, 2.24) is 0 Å². The second-order valence-electron chi connectivity index (χ2n) is 7.22. The van der Waals surface area contributed by atoms with Crippen LogP contribution in [0.1, 0.15) is 65.9 Å². The summed E-state index contributed by atoms with van der Waals surface area (Å²) in [5.74, 6) is -0.251. The van der Waals surface area contributed by atoms with Gasteiger partial charge in [-0.2, -0.15) is 13.2 Å². The molecule has 0 aliphatic rings. The standard InChI is InChI=1S/C23H23F3O3S/c1-3-15(12-14-7-9-16(10-8-14)23(24,25)26)19-13-18(27)21(22(28)29-19)17(4-2)20-6-5-11-30-20/h5-11,13,15,17,27H,3-4,12H2,1-2H3. The van der Waals surface area contributed by atoms with E-state index in [-0.39, 0.29) is 23.1 Å². The highest BCUT2D eigenvalue weighted by molar-refractivity contribution is 7.10. The highest BCUT2D eigenvalue weighted by atomic mass is 32.1. The van der Waals surface area contributed by atoms with E-state index in [1.54, 1.807) is 0 Å². The molecule has 2 heterocycles. The number of rotatable bonds is 7. The zero-order chi connectivity index (χ0) is 21.9. The molecule has 0 amide bonds. The van der Waals surface area contributed by atoms with E-state index in [1.807, 2.05) is 31.4 Å². The third kappa shape index (κ3) is 4.78. The van der Waals surface area contributed by atoms with Gasteiger partial charge in [0.2, 0.25) is 0 Å². The van der Waals surface area contributed by atoms with Crippen molar-refractivity contribution in [3.8, 4) is 5.75 Å². The Kier molecular flexibility index (Phi) is 6.71. The van der Waals surface area contributed by atoms with Crippen LogP contribution in [0.25, 0.3) is 0 Å². The molecule has 1 aromatic carbocycles. The zero-order valence-electron chi connectivity index (χ0n) is 16.7. The molecule has 0 saturated carbocycles. The normalized spacial score (nSPS) is 13.9. The fraction of sp³-hybridized carbons (Fsp3) is 0.348. The lowest BCUT2D eigenvalue weighted by atomic mass is 9.91. The molecule has 0 aliphatic heterocycles. The Balaban J connectivity index is 1.88. The number of benzene rings is 1. The topological polar surface area (TPSA) is 50.4 Å². The minimum Gasteiger partial charge on any atom is -0.507 e. The van der Waals surface area contributed by atoms with Crippen LogP contribution in [0.5, 0.6) is 5.75 Å². The first kappa shape index (κ1) is 22.2. The number of hydrogen-bond donors (Lipinski definition) is 1. The van der Waals surface area contributed by atoms with Crippen LogP contribution in [-0.4, -0.2) is 5.11 Å².